The molecule has 1 aromatic heterocycles. The Bertz CT molecular complexity index is 482. The van der Waals surface area contributed by atoms with Gasteiger partial charge in [-0.25, -0.2) is 9.78 Å². The van der Waals surface area contributed by atoms with Gasteiger partial charge in [-0.15, -0.1) is 0 Å². The largest absolute Gasteiger partial charge is 0.496 e. The zero-order valence-electron chi connectivity index (χ0n) is 12.6. The van der Waals surface area contributed by atoms with Crippen molar-refractivity contribution in [1.29, 1.82) is 0 Å². The lowest BCUT2D eigenvalue weighted by atomic mass is 9.80. The number of hydrogen-bond donors (Lipinski definition) is 0. The minimum atomic E-state index is -0.469. The SMILES string of the molecule is CCOC(=O)c1ccc(B2OC(C)(C)C(C)(C)O2)cn1. The lowest BCUT2D eigenvalue weighted by Gasteiger charge is -2.32. The molecule has 0 N–H and O–H groups in total. The molecule has 5 nitrogen and oxygen atoms in total. The monoisotopic (exact) mass is 277 g/mol. The molecule has 0 spiro atoms. The molecule has 2 heterocycles. The normalized spacial score (nSPS) is 19.9. The second-order valence-electron chi connectivity index (χ2n) is 5.79. The Kier molecular flexibility index (Phi) is 3.89. The van der Waals surface area contributed by atoms with Crippen LogP contribution in [0.2, 0.25) is 0 Å². The Morgan fingerprint density at radius 1 is 1.25 bits per heavy atom. The van der Waals surface area contributed by atoms with E-state index in [1.807, 2.05) is 27.7 Å². The van der Waals surface area contributed by atoms with E-state index in [0.29, 0.717) is 6.61 Å². The van der Waals surface area contributed by atoms with Crippen LogP contribution >= 0.6 is 0 Å². The molecule has 0 radical (unpaired) electrons. The zero-order valence-corrected chi connectivity index (χ0v) is 12.6. The molecule has 0 saturated carbocycles. The minimum absolute atomic E-state index is 0.284. The Balaban J connectivity index is 2.14. The van der Waals surface area contributed by atoms with Crippen molar-refractivity contribution in [3.05, 3.63) is 24.0 Å². The van der Waals surface area contributed by atoms with Crippen LogP contribution in [-0.4, -0.2) is 35.9 Å². The topological polar surface area (TPSA) is 57.7 Å². The van der Waals surface area contributed by atoms with Crippen LogP contribution in [0.15, 0.2) is 18.3 Å². The van der Waals surface area contributed by atoms with E-state index >= 15 is 0 Å². The lowest BCUT2D eigenvalue weighted by molar-refractivity contribution is 0.00578. The molecule has 1 aliphatic rings. The summed E-state index contributed by atoms with van der Waals surface area (Å²) >= 11 is 0. The highest BCUT2D eigenvalue weighted by Gasteiger charge is 2.51. The van der Waals surface area contributed by atoms with Gasteiger partial charge in [0.2, 0.25) is 0 Å². The molecular formula is C14H20BNO4. The van der Waals surface area contributed by atoms with E-state index in [-0.39, 0.29) is 5.69 Å². The highest BCUT2D eigenvalue weighted by molar-refractivity contribution is 6.62. The summed E-state index contributed by atoms with van der Waals surface area (Å²) in [6.07, 6.45) is 1.59. The molecule has 0 atom stereocenters. The first-order chi connectivity index (χ1) is 9.27. The summed E-state index contributed by atoms with van der Waals surface area (Å²) < 4.78 is 16.7. The van der Waals surface area contributed by atoms with E-state index in [4.69, 9.17) is 14.0 Å². The minimum Gasteiger partial charge on any atom is -0.461 e. The van der Waals surface area contributed by atoms with Crippen molar-refractivity contribution in [2.75, 3.05) is 6.61 Å². The molecular weight excluding hydrogens is 257 g/mol. The maximum absolute atomic E-state index is 11.5. The van der Waals surface area contributed by atoms with Gasteiger partial charge in [-0.05, 0) is 40.7 Å². The van der Waals surface area contributed by atoms with E-state index in [9.17, 15) is 4.79 Å². The molecule has 0 bridgehead atoms. The number of carbonyl (C=O) groups is 1. The van der Waals surface area contributed by atoms with Gasteiger partial charge in [-0.1, -0.05) is 6.07 Å². The van der Waals surface area contributed by atoms with Gasteiger partial charge in [0.05, 0.1) is 17.8 Å². The predicted molar refractivity (Wildman–Crippen MR) is 75.9 cm³/mol. The van der Waals surface area contributed by atoms with E-state index in [1.165, 1.54) is 0 Å². The molecule has 0 amide bonds. The van der Waals surface area contributed by atoms with Crippen LogP contribution in [0, 0.1) is 0 Å². The molecule has 0 aromatic carbocycles. The predicted octanol–water partition coefficient (Wildman–Crippen LogP) is 1.56. The number of rotatable bonds is 3. The number of ether oxygens (including phenoxy) is 1. The summed E-state index contributed by atoms with van der Waals surface area (Å²) in [5, 5.41) is 0. The Morgan fingerprint density at radius 3 is 2.30 bits per heavy atom. The third-order valence-electron chi connectivity index (χ3n) is 3.80. The summed E-state index contributed by atoms with van der Waals surface area (Å²) in [7, 11) is -0.469. The van der Waals surface area contributed by atoms with Crippen molar-refractivity contribution >= 4 is 18.6 Å². The van der Waals surface area contributed by atoms with Crippen molar-refractivity contribution < 1.29 is 18.8 Å². The van der Waals surface area contributed by atoms with Crippen LogP contribution in [0.25, 0.3) is 0 Å². The number of carbonyl (C=O) groups excluding carboxylic acids is 1. The number of esters is 1. The van der Waals surface area contributed by atoms with E-state index < -0.39 is 24.3 Å². The molecule has 0 aliphatic carbocycles. The molecule has 1 aromatic rings. The van der Waals surface area contributed by atoms with Gasteiger partial charge in [-0.3, -0.25) is 0 Å². The van der Waals surface area contributed by atoms with E-state index in [1.54, 1.807) is 25.3 Å². The number of aromatic nitrogens is 1. The van der Waals surface area contributed by atoms with Gasteiger partial charge >= 0.3 is 13.1 Å². The fourth-order valence-corrected chi connectivity index (χ4v) is 1.85. The van der Waals surface area contributed by atoms with Crippen LogP contribution in [0.3, 0.4) is 0 Å². The van der Waals surface area contributed by atoms with Gasteiger partial charge in [0.25, 0.3) is 0 Å². The van der Waals surface area contributed by atoms with Crippen molar-refractivity contribution in [1.82, 2.24) is 4.98 Å². The fraction of sp³-hybridized carbons (Fsp3) is 0.571. The summed E-state index contributed by atoms with van der Waals surface area (Å²) in [5.74, 6) is -0.423. The van der Waals surface area contributed by atoms with Crippen molar-refractivity contribution in [2.24, 2.45) is 0 Å². The third-order valence-corrected chi connectivity index (χ3v) is 3.80. The van der Waals surface area contributed by atoms with Crippen LogP contribution in [-0.2, 0) is 14.0 Å². The zero-order chi connectivity index (χ0) is 15.0. The van der Waals surface area contributed by atoms with E-state index in [2.05, 4.69) is 4.98 Å². The molecule has 1 aliphatic heterocycles. The molecule has 1 saturated heterocycles. The van der Waals surface area contributed by atoms with Crippen LogP contribution in [0.1, 0.15) is 45.1 Å². The van der Waals surface area contributed by atoms with Crippen LogP contribution in [0.5, 0.6) is 0 Å². The van der Waals surface area contributed by atoms with Gasteiger partial charge in [0, 0.05) is 11.7 Å². The number of hydrogen-bond acceptors (Lipinski definition) is 5. The number of pyridine rings is 1. The molecule has 6 heteroatoms. The standard InChI is InChI=1S/C14H20BNO4/c1-6-18-12(17)11-8-7-10(9-16-11)15-19-13(2,3)14(4,5)20-15/h7-9H,6H2,1-5H3. The average Bonchev–Trinajstić information content (AvgIpc) is 2.59. The summed E-state index contributed by atoms with van der Waals surface area (Å²) in [4.78, 5) is 15.6. The Labute approximate surface area is 119 Å². The number of nitrogens with zero attached hydrogens (tertiary/aromatic N) is 1. The maximum Gasteiger partial charge on any atom is 0.496 e. The van der Waals surface area contributed by atoms with Gasteiger partial charge in [-0.2, -0.15) is 0 Å². The summed E-state index contributed by atoms with van der Waals surface area (Å²) in [6, 6.07) is 3.40. The summed E-state index contributed by atoms with van der Waals surface area (Å²) in [5.41, 5.74) is 0.290. The highest BCUT2D eigenvalue weighted by atomic mass is 16.7. The fourth-order valence-electron chi connectivity index (χ4n) is 1.85. The molecule has 2 rings (SSSR count). The molecule has 1 fully saturated rings. The first-order valence-corrected chi connectivity index (χ1v) is 6.75. The Hall–Kier alpha value is -1.40. The third kappa shape index (κ3) is 2.71. The average molecular weight is 277 g/mol. The lowest BCUT2D eigenvalue weighted by Crippen LogP contribution is -2.41. The first-order valence-electron chi connectivity index (χ1n) is 6.75. The highest BCUT2D eigenvalue weighted by Crippen LogP contribution is 2.36. The molecule has 108 valence electrons. The van der Waals surface area contributed by atoms with Crippen molar-refractivity contribution in [2.45, 2.75) is 45.8 Å². The van der Waals surface area contributed by atoms with Gasteiger partial charge < -0.3 is 14.0 Å². The van der Waals surface area contributed by atoms with Crippen LogP contribution < -0.4 is 5.46 Å². The second kappa shape index (κ2) is 5.18. The van der Waals surface area contributed by atoms with E-state index in [0.717, 1.165) is 5.46 Å². The van der Waals surface area contributed by atoms with Gasteiger partial charge in [0.1, 0.15) is 5.69 Å². The second-order valence-corrected chi connectivity index (χ2v) is 5.79. The van der Waals surface area contributed by atoms with Gasteiger partial charge in [0.15, 0.2) is 0 Å². The first kappa shape index (κ1) is 15.0. The molecule has 20 heavy (non-hydrogen) atoms. The smallest absolute Gasteiger partial charge is 0.461 e. The molecule has 0 unspecified atom stereocenters. The van der Waals surface area contributed by atoms with Crippen LogP contribution in [0.4, 0.5) is 0 Å². The summed E-state index contributed by atoms with van der Waals surface area (Å²) in [6.45, 7) is 10.1. The maximum atomic E-state index is 11.5. The quantitative estimate of drug-likeness (QED) is 0.620. The van der Waals surface area contributed by atoms with Crippen molar-refractivity contribution in [3.8, 4) is 0 Å². The Morgan fingerprint density at radius 2 is 1.85 bits per heavy atom. The van der Waals surface area contributed by atoms with Crippen molar-refractivity contribution in [3.63, 3.8) is 0 Å².